The highest BCUT2D eigenvalue weighted by molar-refractivity contribution is 5.30. The molecule has 2 aromatic heterocycles. The topological polar surface area (TPSA) is 60.2 Å². The molecule has 0 spiro atoms. The largest absolute Gasteiger partial charge is 0.492 e. The zero-order chi connectivity index (χ0) is 13.8. The molecule has 5 heteroatoms. The Bertz CT molecular complexity index is 551. The Hall–Kier alpha value is -1.88. The normalized spacial score (nSPS) is 12.4. The molecule has 1 N–H and O–H groups in total. The lowest BCUT2D eigenvalue weighted by Crippen LogP contribution is -2.09. The summed E-state index contributed by atoms with van der Waals surface area (Å²) in [6, 6.07) is 3.70. The average molecular weight is 261 g/mol. The number of rotatable bonds is 5. The van der Waals surface area contributed by atoms with Gasteiger partial charge in [-0.05, 0) is 32.9 Å². The first-order valence-corrected chi connectivity index (χ1v) is 6.45. The van der Waals surface area contributed by atoms with Gasteiger partial charge in [-0.15, -0.1) is 0 Å². The lowest BCUT2D eigenvalue weighted by molar-refractivity contribution is 0.207. The summed E-state index contributed by atoms with van der Waals surface area (Å²) in [5.41, 5.74) is 2.38. The van der Waals surface area contributed by atoms with E-state index in [0.29, 0.717) is 17.9 Å². The molecule has 0 saturated heterocycles. The molecule has 0 aliphatic carbocycles. The molecule has 0 saturated carbocycles. The molecular weight excluding hydrogens is 242 g/mol. The van der Waals surface area contributed by atoms with Crippen LogP contribution in [-0.2, 0) is 6.54 Å². The molecule has 0 aliphatic heterocycles. The molecule has 1 unspecified atom stereocenters. The minimum absolute atomic E-state index is 0.577. The van der Waals surface area contributed by atoms with Crippen molar-refractivity contribution in [3.8, 4) is 5.75 Å². The van der Waals surface area contributed by atoms with Crippen molar-refractivity contribution in [1.82, 2.24) is 14.8 Å². The second-order valence-electron chi connectivity index (χ2n) is 4.32. The molecule has 5 nitrogen and oxygen atoms in total. The zero-order valence-corrected chi connectivity index (χ0v) is 11.5. The Labute approximate surface area is 112 Å². The first kappa shape index (κ1) is 13.5. The molecular formula is C14H19N3O2. The molecule has 0 amide bonds. The van der Waals surface area contributed by atoms with Crippen LogP contribution in [0.4, 0.5) is 0 Å². The SMILES string of the molecule is CCOc1cncc(C(O)c2cc(C)nn2CC)c1. The van der Waals surface area contributed by atoms with Crippen molar-refractivity contribution in [2.45, 2.75) is 33.4 Å². The van der Waals surface area contributed by atoms with E-state index in [0.717, 1.165) is 17.9 Å². The van der Waals surface area contributed by atoms with Crippen LogP contribution >= 0.6 is 0 Å². The van der Waals surface area contributed by atoms with Crippen LogP contribution in [0, 0.1) is 6.92 Å². The molecule has 0 bridgehead atoms. The molecule has 2 aromatic rings. The lowest BCUT2D eigenvalue weighted by atomic mass is 10.1. The summed E-state index contributed by atoms with van der Waals surface area (Å²) in [5, 5.41) is 14.8. The first-order chi connectivity index (χ1) is 9.15. The van der Waals surface area contributed by atoms with Crippen molar-refractivity contribution < 1.29 is 9.84 Å². The summed E-state index contributed by atoms with van der Waals surface area (Å²) >= 11 is 0. The molecule has 2 rings (SSSR count). The molecule has 0 radical (unpaired) electrons. The second-order valence-corrected chi connectivity index (χ2v) is 4.32. The van der Waals surface area contributed by atoms with Crippen LogP contribution in [0.1, 0.15) is 36.9 Å². The Morgan fingerprint density at radius 3 is 2.79 bits per heavy atom. The number of hydrogen-bond acceptors (Lipinski definition) is 4. The van der Waals surface area contributed by atoms with Gasteiger partial charge in [0.2, 0.25) is 0 Å². The zero-order valence-electron chi connectivity index (χ0n) is 11.5. The number of aromatic nitrogens is 3. The van der Waals surface area contributed by atoms with Crippen molar-refractivity contribution in [3.63, 3.8) is 0 Å². The maximum absolute atomic E-state index is 10.5. The van der Waals surface area contributed by atoms with Crippen LogP contribution < -0.4 is 4.74 Å². The number of nitrogens with zero attached hydrogens (tertiary/aromatic N) is 3. The number of aliphatic hydroxyl groups is 1. The highest BCUT2D eigenvalue weighted by Gasteiger charge is 2.17. The lowest BCUT2D eigenvalue weighted by Gasteiger charge is -2.13. The number of aryl methyl sites for hydroxylation is 2. The average Bonchev–Trinajstić information content (AvgIpc) is 2.80. The van der Waals surface area contributed by atoms with E-state index >= 15 is 0 Å². The third-order valence-corrected chi connectivity index (χ3v) is 2.87. The first-order valence-electron chi connectivity index (χ1n) is 6.45. The Morgan fingerprint density at radius 2 is 2.11 bits per heavy atom. The summed E-state index contributed by atoms with van der Waals surface area (Å²) in [4.78, 5) is 4.10. The third-order valence-electron chi connectivity index (χ3n) is 2.87. The van der Waals surface area contributed by atoms with Gasteiger partial charge in [0.05, 0.1) is 24.2 Å². The van der Waals surface area contributed by atoms with E-state index in [1.165, 1.54) is 0 Å². The molecule has 0 fully saturated rings. The summed E-state index contributed by atoms with van der Waals surface area (Å²) in [6.07, 6.45) is 2.55. The van der Waals surface area contributed by atoms with Crippen LogP contribution in [0.3, 0.4) is 0 Å². The van der Waals surface area contributed by atoms with Gasteiger partial charge in [-0.2, -0.15) is 5.10 Å². The summed E-state index contributed by atoms with van der Waals surface area (Å²) < 4.78 is 7.20. The van der Waals surface area contributed by atoms with E-state index in [1.54, 1.807) is 17.1 Å². The van der Waals surface area contributed by atoms with Gasteiger partial charge >= 0.3 is 0 Å². The van der Waals surface area contributed by atoms with E-state index in [9.17, 15) is 5.11 Å². The maximum Gasteiger partial charge on any atom is 0.137 e. The van der Waals surface area contributed by atoms with Gasteiger partial charge in [0.15, 0.2) is 0 Å². The molecule has 1 atom stereocenters. The van der Waals surface area contributed by atoms with Crippen molar-refractivity contribution in [3.05, 3.63) is 41.5 Å². The van der Waals surface area contributed by atoms with E-state index < -0.39 is 6.10 Å². The van der Waals surface area contributed by atoms with Gasteiger partial charge in [-0.1, -0.05) is 0 Å². The Morgan fingerprint density at radius 1 is 1.32 bits per heavy atom. The molecule has 19 heavy (non-hydrogen) atoms. The molecule has 0 aromatic carbocycles. The minimum Gasteiger partial charge on any atom is -0.492 e. The fourth-order valence-corrected chi connectivity index (χ4v) is 2.04. The molecule has 0 aliphatic rings. The highest BCUT2D eigenvalue weighted by atomic mass is 16.5. The highest BCUT2D eigenvalue weighted by Crippen LogP contribution is 2.24. The van der Waals surface area contributed by atoms with Gasteiger partial charge in [-0.25, -0.2) is 0 Å². The summed E-state index contributed by atoms with van der Waals surface area (Å²) in [5.74, 6) is 0.665. The van der Waals surface area contributed by atoms with Crippen LogP contribution in [0.25, 0.3) is 0 Å². The minimum atomic E-state index is -0.742. The van der Waals surface area contributed by atoms with Crippen molar-refractivity contribution >= 4 is 0 Å². The monoisotopic (exact) mass is 261 g/mol. The Kier molecular flexibility index (Phi) is 4.16. The predicted molar refractivity (Wildman–Crippen MR) is 72.1 cm³/mol. The van der Waals surface area contributed by atoms with Gasteiger partial charge in [0.25, 0.3) is 0 Å². The maximum atomic E-state index is 10.5. The second kappa shape index (κ2) is 5.84. The quantitative estimate of drug-likeness (QED) is 0.895. The van der Waals surface area contributed by atoms with Crippen LogP contribution in [-0.4, -0.2) is 26.5 Å². The van der Waals surface area contributed by atoms with Crippen LogP contribution in [0.2, 0.25) is 0 Å². The number of pyridine rings is 1. The summed E-state index contributed by atoms with van der Waals surface area (Å²) in [6.45, 7) is 7.12. The number of aliphatic hydroxyl groups excluding tert-OH is 1. The van der Waals surface area contributed by atoms with Gasteiger partial charge in [0, 0.05) is 18.3 Å². The fourth-order valence-electron chi connectivity index (χ4n) is 2.04. The van der Waals surface area contributed by atoms with Crippen molar-refractivity contribution in [2.75, 3.05) is 6.61 Å². The van der Waals surface area contributed by atoms with Gasteiger partial charge in [0.1, 0.15) is 11.9 Å². The van der Waals surface area contributed by atoms with E-state index in [-0.39, 0.29) is 0 Å². The molecule has 2 heterocycles. The van der Waals surface area contributed by atoms with Crippen LogP contribution in [0.5, 0.6) is 5.75 Å². The van der Waals surface area contributed by atoms with Crippen molar-refractivity contribution in [1.29, 1.82) is 0 Å². The smallest absolute Gasteiger partial charge is 0.137 e. The standard InChI is InChI=1S/C14H19N3O2/c1-4-17-13(6-10(3)16-17)14(18)11-7-12(19-5-2)9-15-8-11/h6-9,14,18H,4-5H2,1-3H3. The number of ether oxygens (including phenoxy) is 1. The molecule has 102 valence electrons. The van der Waals surface area contributed by atoms with E-state index in [1.807, 2.05) is 32.9 Å². The summed E-state index contributed by atoms with van der Waals surface area (Å²) in [7, 11) is 0. The predicted octanol–water partition coefficient (Wildman–Crippen LogP) is 2.09. The van der Waals surface area contributed by atoms with Gasteiger partial charge < -0.3 is 9.84 Å². The van der Waals surface area contributed by atoms with Crippen molar-refractivity contribution in [2.24, 2.45) is 0 Å². The number of hydrogen-bond donors (Lipinski definition) is 1. The van der Waals surface area contributed by atoms with E-state index in [2.05, 4.69) is 10.1 Å². The van der Waals surface area contributed by atoms with Gasteiger partial charge in [-0.3, -0.25) is 9.67 Å². The third kappa shape index (κ3) is 2.93. The van der Waals surface area contributed by atoms with E-state index in [4.69, 9.17) is 4.74 Å². The Balaban J connectivity index is 2.32. The van der Waals surface area contributed by atoms with Crippen LogP contribution in [0.15, 0.2) is 24.5 Å². The fraction of sp³-hybridized carbons (Fsp3) is 0.429.